The Labute approximate surface area is 323 Å². The molecule has 0 saturated carbocycles. The minimum Gasteiger partial charge on any atom is -0.477 e. The summed E-state index contributed by atoms with van der Waals surface area (Å²) in [6.07, 6.45) is 38.7. The second-order valence-electron chi connectivity index (χ2n) is 14.6. The predicted molar refractivity (Wildman–Crippen MR) is 216 cm³/mol. The molecule has 0 amide bonds. The van der Waals surface area contributed by atoms with E-state index in [0.29, 0.717) is 23.9 Å². The highest BCUT2D eigenvalue weighted by molar-refractivity contribution is 5.71. The molecule has 0 aromatic rings. The van der Waals surface area contributed by atoms with Crippen LogP contribution in [-0.2, 0) is 33.3 Å². The number of quaternary nitrogens is 1. The number of likely N-dealkylation sites (N-methyl/N-ethyl adjacent to an activating group) is 1. The molecular formula is C44H76NO8+. The number of hydrogen-bond donors (Lipinski definition) is 1. The number of esters is 2. The number of carbonyl (C=O) groups is 3. The van der Waals surface area contributed by atoms with Crippen molar-refractivity contribution in [3.8, 4) is 0 Å². The van der Waals surface area contributed by atoms with Crippen LogP contribution in [0.1, 0.15) is 142 Å². The second-order valence-corrected chi connectivity index (χ2v) is 14.6. The maximum absolute atomic E-state index is 12.7. The Balaban J connectivity index is 4.43. The molecular weight excluding hydrogens is 670 g/mol. The summed E-state index contributed by atoms with van der Waals surface area (Å²) >= 11 is 0. The molecule has 0 fully saturated rings. The number of aliphatic carboxylic acids is 1. The van der Waals surface area contributed by atoms with Crippen LogP contribution >= 0.6 is 0 Å². The molecule has 0 aromatic carbocycles. The van der Waals surface area contributed by atoms with Crippen molar-refractivity contribution in [2.45, 2.75) is 155 Å². The summed E-state index contributed by atoms with van der Waals surface area (Å²) < 4.78 is 22.6. The van der Waals surface area contributed by atoms with E-state index in [1.165, 1.54) is 25.7 Å². The van der Waals surface area contributed by atoms with Gasteiger partial charge < -0.3 is 28.5 Å². The average molecular weight is 747 g/mol. The highest BCUT2D eigenvalue weighted by Crippen LogP contribution is 2.12. The van der Waals surface area contributed by atoms with Crippen LogP contribution in [0, 0.1) is 0 Å². The van der Waals surface area contributed by atoms with Gasteiger partial charge in [-0.15, -0.1) is 0 Å². The van der Waals surface area contributed by atoms with E-state index in [1.54, 1.807) is 0 Å². The topological polar surface area (TPSA) is 108 Å². The van der Waals surface area contributed by atoms with Gasteiger partial charge in [0.05, 0.1) is 34.4 Å². The third kappa shape index (κ3) is 37.1. The van der Waals surface area contributed by atoms with Gasteiger partial charge in [0.2, 0.25) is 0 Å². The van der Waals surface area contributed by atoms with Crippen LogP contribution in [0.4, 0.5) is 0 Å². The van der Waals surface area contributed by atoms with Gasteiger partial charge in [-0.3, -0.25) is 9.59 Å². The maximum atomic E-state index is 12.7. The van der Waals surface area contributed by atoms with Crippen LogP contribution < -0.4 is 0 Å². The van der Waals surface area contributed by atoms with Gasteiger partial charge in [-0.05, 0) is 57.8 Å². The van der Waals surface area contributed by atoms with Gasteiger partial charge in [0, 0.05) is 12.8 Å². The molecule has 0 spiro atoms. The molecule has 0 aliphatic heterocycles. The van der Waals surface area contributed by atoms with E-state index in [2.05, 4.69) is 74.6 Å². The predicted octanol–water partition coefficient (Wildman–Crippen LogP) is 10.2. The lowest BCUT2D eigenvalue weighted by atomic mass is 10.1. The standard InChI is InChI=1S/C44H75NO8/c1-6-8-10-12-14-15-16-17-18-19-20-21-22-23-24-25-26-27-29-31-33-35-42(47)53-40(38-51-41(46)34-32-30-28-13-11-9-7-2)39-52-44(43(48)49)50-37-36-45(3,4)5/h8,10,14-15,17-18,20-21,23-24,40,44H,6-7,9,11-13,16,19,22,25-39H2,1-5H3/p+1/b10-8-,15-14-,18-17-,21-20-,24-23-. The number of rotatable bonds is 36. The fourth-order valence-electron chi connectivity index (χ4n) is 5.09. The van der Waals surface area contributed by atoms with Crippen molar-refractivity contribution in [2.24, 2.45) is 0 Å². The first kappa shape index (κ1) is 50.0. The Morgan fingerprint density at radius 3 is 1.60 bits per heavy atom. The van der Waals surface area contributed by atoms with Gasteiger partial charge in [0.1, 0.15) is 13.2 Å². The smallest absolute Gasteiger partial charge is 0.361 e. The Morgan fingerprint density at radius 1 is 0.585 bits per heavy atom. The molecule has 2 unspecified atom stereocenters. The lowest BCUT2D eigenvalue weighted by molar-refractivity contribution is -0.870. The van der Waals surface area contributed by atoms with Crippen LogP contribution in [0.2, 0.25) is 0 Å². The van der Waals surface area contributed by atoms with E-state index in [0.717, 1.165) is 83.5 Å². The molecule has 9 heteroatoms. The van der Waals surface area contributed by atoms with Crippen molar-refractivity contribution < 1.29 is 42.9 Å². The number of unbranched alkanes of at least 4 members (excludes halogenated alkanes) is 11. The van der Waals surface area contributed by atoms with Gasteiger partial charge in [0.25, 0.3) is 6.29 Å². The van der Waals surface area contributed by atoms with Crippen LogP contribution in [0.25, 0.3) is 0 Å². The largest absolute Gasteiger partial charge is 0.477 e. The monoisotopic (exact) mass is 747 g/mol. The molecule has 304 valence electrons. The summed E-state index contributed by atoms with van der Waals surface area (Å²) in [7, 11) is 5.93. The molecule has 1 N–H and O–H groups in total. The highest BCUT2D eigenvalue weighted by Gasteiger charge is 2.25. The minimum absolute atomic E-state index is 0.181. The number of carboxylic acid groups (broad SMARTS) is 1. The third-order valence-electron chi connectivity index (χ3n) is 8.29. The lowest BCUT2D eigenvalue weighted by Gasteiger charge is -2.25. The SMILES string of the molecule is CC/C=C\C/C=C\C/C=C\C/C=C\C/C=C\CCCCCCCC(=O)OC(COC(=O)CCCCCCCCC)COC(OCC[N+](C)(C)C)C(=O)O. The fraction of sp³-hybridized carbons (Fsp3) is 0.705. The summed E-state index contributed by atoms with van der Waals surface area (Å²) in [6, 6.07) is 0. The summed E-state index contributed by atoms with van der Waals surface area (Å²) in [5, 5.41) is 9.58. The van der Waals surface area contributed by atoms with Gasteiger partial charge in [-0.1, -0.05) is 132 Å². The van der Waals surface area contributed by atoms with E-state index in [9.17, 15) is 19.5 Å². The van der Waals surface area contributed by atoms with Gasteiger partial charge in [0.15, 0.2) is 6.10 Å². The van der Waals surface area contributed by atoms with Crippen LogP contribution in [0.15, 0.2) is 60.8 Å². The number of hydrogen-bond acceptors (Lipinski definition) is 7. The van der Waals surface area contributed by atoms with Gasteiger partial charge >= 0.3 is 17.9 Å². The number of nitrogens with zero attached hydrogens (tertiary/aromatic N) is 1. The number of ether oxygens (including phenoxy) is 4. The van der Waals surface area contributed by atoms with Crippen molar-refractivity contribution in [3.05, 3.63) is 60.8 Å². The molecule has 0 heterocycles. The minimum atomic E-state index is -1.51. The van der Waals surface area contributed by atoms with Crippen molar-refractivity contribution in [3.63, 3.8) is 0 Å². The van der Waals surface area contributed by atoms with E-state index in [-0.39, 0.29) is 32.2 Å². The molecule has 0 bridgehead atoms. The molecule has 0 aliphatic rings. The first-order valence-electron chi connectivity index (χ1n) is 20.5. The average Bonchev–Trinajstić information content (AvgIpc) is 3.11. The molecule has 9 nitrogen and oxygen atoms in total. The van der Waals surface area contributed by atoms with Crippen molar-refractivity contribution >= 4 is 17.9 Å². The fourth-order valence-corrected chi connectivity index (χ4v) is 5.09. The van der Waals surface area contributed by atoms with Crippen molar-refractivity contribution in [1.82, 2.24) is 0 Å². The summed E-state index contributed by atoms with van der Waals surface area (Å²) in [4.78, 5) is 36.8. The van der Waals surface area contributed by atoms with E-state index < -0.39 is 24.3 Å². The zero-order valence-electron chi connectivity index (χ0n) is 34.2. The number of carbonyl (C=O) groups excluding carboxylic acids is 2. The number of allylic oxidation sites excluding steroid dienone is 10. The summed E-state index contributed by atoms with van der Waals surface area (Å²) in [6.45, 7) is 4.65. The third-order valence-corrected chi connectivity index (χ3v) is 8.29. The van der Waals surface area contributed by atoms with Crippen LogP contribution in [0.5, 0.6) is 0 Å². The first-order valence-corrected chi connectivity index (χ1v) is 20.5. The Kier molecular flexibility index (Phi) is 33.9. The zero-order valence-corrected chi connectivity index (χ0v) is 34.2. The molecule has 53 heavy (non-hydrogen) atoms. The summed E-state index contributed by atoms with van der Waals surface area (Å²) in [5.41, 5.74) is 0. The quantitative estimate of drug-likeness (QED) is 0.0222. The maximum Gasteiger partial charge on any atom is 0.361 e. The Bertz CT molecular complexity index is 1060. The second kappa shape index (κ2) is 36.0. The Morgan fingerprint density at radius 2 is 1.08 bits per heavy atom. The zero-order chi connectivity index (χ0) is 39.3. The van der Waals surface area contributed by atoms with E-state index in [1.807, 2.05) is 21.1 Å². The number of carboxylic acids is 1. The van der Waals surface area contributed by atoms with Crippen molar-refractivity contribution in [1.29, 1.82) is 0 Å². The normalized spacial score (nSPS) is 13.6. The molecule has 0 radical (unpaired) electrons. The van der Waals surface area contributed by atoms with Crippen LogP contribution in [-0.4, -0.2) is 87.4 Å². The lowest BCUT2D eigenvalue weighted by Crippen LogP contribution is -2.40. The molecule has 0 aliphatic carbocycles. The molecule has 0 saturated heterocycles. The molecule has 0 rings (SSSR count). The first-order chi connectivity index (χ1) is 25.6. The van der Waals surface area contributed by atoms with Gasteiger partial charge in [-0.2, -0.15) is 0 Å². The van der Waals surface area contributed by atoms with E-state index >= 15 is 0 Å². The van der Waals surface area contributed by atoms with E-state index in [4.69, 9.17) is 18.9 Å². The summed E-state index contributed by atoms with van der Waals surface area (Å²) in [5.74, 6) is -2.05. The Hall–Kier alpha value is -3.01. The van der Waals surface area contributed by atoms with Crippen molar-refractivity contribution in [2.75, 3.05) is 47.5 Å². The van der Waals surface area contributed by atoms with Crippen LogP contribution in [0.3, 0.4) is 0 Å². The highest BCUT2D eigenvalue weighted by atomic mass is 16.7. The molecule has 0 aromatic heterocycles. The molecule has 2 atom stereocenters. The van der Waals surface area contributed by atoms with Gasteiger partial charge in [-0.25, -0.2) is 4.79 Å².